The van der Waals surface area contributed by atoms with Crippen LogP contribution in [-0.2, 0) is 32.9 Å². The van der Waals surface area contributed by atoms with Crippen molar-refractivity contribution in [3.8, 4) is 22.5 Å². The quantitative estimate of drug-likeness (QED) is 0.132. The monoisotopic (exact) mass is 793 g/mol. The average molecular weight is 793 g/mol. The van der Waals surface area contributed by atoms with Gasteiger partial charge in [0.1, 0.15) is 5.58 Å². The maximum absolute atomic E-state index is 8.77. The molecule has 0 unspecified atom stereocenters. The second kappa shape index (κ2) is 13.1. The Morgan fingerprint density at radius 1 is 0.739 bits per heavy atom. The van der Waals surface area contributed by atoms with Gasteiger partial charge in [-0.3, -0.25) is 0 Å². The predicted molar refractivity (Wildman–Crippen MR) is 189 cm³/mol. The van der Waals surface area contributed by atoms with E-state index in [1.807, 2.05) is 96.1 Å². The van der Waals surface area contributed by atoms with E-state index in [1.54, 1.807) is 12.1 Å². The van der Waals surface area contributed by atoms with Gasteiger partial charge >= 0.3 is 0 Å². The molecule has 46 heavy (non-hydrogen) atoms. The van der Waals surface area contributed by atoms with Crippen molar-refractivity contribution in [2.45, 2.75) is 68.0 Å². The summed E-state index contributed by atoms with van der Waals surface area (Å²) in [6, 6.07) is 28.3. The van der Waals surface area contributed by atoms with Crippen LogP contribution in [0.5, 0.6) is 0 Å². The third-order valence-corrected chi connectivity index (χ3v) is 7.15. The fourth-order valence-electron chi connectivity index (χ4n) is 5.31. The number of furan rings is 1. The van der Waals surface area contributed by atoms with Gasteiger partial charge in [0.2, 0.25) is 0 Å². The van der Waals surface area contributed by atoms with Gasteiger partial charge in [0.15, 0.2) is 0 Å². The molecule has 3 aromatic heterocycles. The van der Waals surface area contributed by atoms with Crippen LogP contribution in [0.25, 0.3) is 55.2 Å². The van der Waals surface area contributed by atoms with Gasteiger partial charge in [-0.25, -0.2) is 0 Å². The van der Waals surface area contributed by atoms with Crippen molar-refractivity contribution < 1.29 is 38.2 Å². The fraction of sp³-hybridized carbons (Fsp3) is 0.286. The topological polar surface area (TPSA) is 38.9 Å². The van der Waals surface area contributed by atoms with Crippen LogP contribution in [0.4, 0.5) is 0 Å². The number of hydrogen-bond acceptors (Lipinski definition) is 3. The van der Waals surface area contributed by atoms with E-state index in [2.05, 4.69) is 22.1 Å². The molecular formula is C42H42IrN2O-2. The summed E-state index contributed by atoms with van der Waals surface area (Å²) >= 11 is 0. The van der Waals surface area contributed by atoms with Gasteiger partial charge in [0.25, 0.3) is 0 Å². The molecule has 3 heterocycles. The first-order valence-corrected chi connectivity index (χ1v) is 14.9. The molecule has 237 valence electrons. The first-order valence-electron chi connectivity index (χ1n) is 19.9. The summed E-state index contributed by atoms with van der Waals surface area (Å²) in [6.45, 7) is 5.80. The largest absolute Gasteiger partial charge is 0.501 e. The Bertz CT molecular complexity index is 2490. The second-order valence-corrected chi connectivity index (χ2v) is 13.2. The van der Waals surface area contributed by atoms with Crippen LogP contribution >= 0.6 is 0 Å². The van der Waals surface area contributed by atoms with E-state index in [0.29, 0.717) is 33.7 Å². The normalized spacial score (nSPS) is 16.3. The SMILES string of the molecule is [2H]C([2H])([2H])c1cnc(-c2[c-]cc3ccc4cccc5oc2c3c45)cc1C([2H])([2H])[2H].[2H]C([2H])(c1cnc(-c2[c-]cccc2)cc1C([2H])([2H])C(C)(C)C)C(C)(C)C.[Ir]. The Balaban J connectivity index is 0.000000212. The van der Waals surface area contributed by atoms with Crippen LogP contribution in [0.2, 0.25) is 0 Å². The number of hydrogen-bond donors (Lipinski definition) is 0. The predicted octanol–water partition coefficient (Wildman–Crippen LogP) is 11.4. The summed E-state index contributed by atoms with van der Waals surface area (Å²) in [6.07, 6.45) is -0.835. The molecule has 7 rings (SSSR count). The summed E-state index contributed by atoms with van der Waals surface area (Å²) < 4.78 is 87.3. The van der Waals surface area contributed by atoms with Crippen molar-refractivity contribution in [3.05, 3.63) is 120 Å². The molecule has 0 atom stereocenters. The molecule has 4 aromatic carbocycles. The van der Waals surface area contributed by atoms with E-state index in [1.165, 1.54) is 12.3 Å². The molecule has 0 amide bonds. The molecule has 0 aliphatic carbocycles. The number of rotatable bonds is 4. The van der Waals surface area contributed by atoms with E-state index < -0.39 is 37.3 Å². The number of aromatic nitrogens is 2. The molecule has 0 spiro atoms. The van der Waals surface area contributed by atoms with E-state index in [-0.39, 0.29) is 31.2 Å². The summed E-state index contributed by atoms with van der Waals surface area (Å²) in [5, 5.41) is 3.91. The van der Waals surface area contributed by atoms with E-state index in [4.69, 9.17) is 18.1 Å². The summed E-state index contributed by atoms with van der Waals surface area (Å²) in [5.74, 6) is 0. The molecule has 0 aliphatic rings. The first-order chi connectivity index (χ1) is 25.3. The van der Waals surface area contributed by atoms with Crippen molar-refractivity contribution in [3.63, 3.8) is 0 Å². The van der Waals surface area contributed by atoms with Crippen molar-refractivity contribution in [1.29, 1.82) is 0 Å². The van der Waals surface area contributed by atoms with Gasteiger partial charge in [0.05, 0.1) is 5.58 Å². The van der Waals surface area contributed by atoms with Gasteiger partial charge in [-0.15, -0.1) is 48.0 Å². The second-order valence-electron chi connectivity index (χ2n) is 13.2. The first kappa shape index (κ1) is 22.6. The average Bonchev–Trinajstić information content (AvgIpc) is 3.50. The smallest absolute Gasteiger partial charge is 0.121 e. The van der Waals surface area contributed by atoms with Crippen LogP contribution in [0, 0.1) is 36.7 Å². The van der Waals surface area contributed by atoms with Crippen molar-refractivity contribution in [1.82, 2.24) is 9.97 Å². The molecule has 7 aromatic rings. The number of benzene rings is 4. The van der Waals surface area contributed by atoms with Gasteiger partial charge in [-0.05, 0) is 82.2 Å². The molecule has 1 radical (unpaired) electrons. The zero-order valence-corrected chi connectivity index (χ0v) is 29.1. The minimum absolute atomic E-state index is 0. The molecule has 3 nitrogen and oxygen atoms in total. The van der Waals surface area contributed by atoms with Crippen LogP contribution in [0.1, 0.15) is 77.5 Å². The van der Waals surface area contributed by atoms with E-state index in [9.17, 15) is 0 Å². The molecule has 4 heteroatoms. The van der Waals surface area contributed by atoms with Crippen LogP contribution < -0.4 is 0 Å². The number of nitrogens with zero attached hydrogens (tertiary/aromatic N) is 2. The summed E-state index contributed by atoms with van der Waals surface area (Å²) in [7, 11) is 0. The molecule has 0 fully saturated rings. The molecule has 0 aliphatic heterocycles. The van der Waals surface area contributed by atoms with Gasteiger partial charge in [0, 0.05) is 51.6 Å². The molecule has 0 bridgehead atoms. The maximum atomic E-state index is 8.77. The van der Waals surface area contributed by atoms with Gasteiger partial charge in [-0.1, -0.05) is 94.5 Å². The van der Waals surface area contributed by atoms with Crippen molar-refractivity contribution in [2.75, 3.05) is 0 Å². The van der Waals surface area contributed by atoms with E-state index >= 15 is 0 Å². The Morgan fingerprint density at radius 2 is 1.48 bits per heavy atom. The Labute approximate surface area is 301 Å². The third kappa shape index (κ3) is 7.25. The van der Waals surface area contributed by atoms with Crippen molar-refractivity contribution >= 4 is 32.7 Å². The van der Waals surface area contributed by atoms with Crippen LogP contribution in [-0.4, -0.2) is 9.97 Å². The molecule has 0 N–H and O–H groups in total. The Hall–Kier alpha value is -3.85. The fourth-order valence-corrected chi connectivity index (χ4v) is 5.31. The zero-order valence-electron chi connectivity index (χ0n) is 36.7. The van der Waals surface area contributed by atoms with Crippen molar-refractivity contribution in [2.24, 2.45) is 10.8 Å². The third-order valence-electron chi connectivity index (χ3n) is 7.15. The zero-order chi connectivity index (χ0) is 40.5. The minimum Gasteiger partial charge on any atom is -0.501 e. The molecule has 0 saturated carbocycles. The van der Waals surface area contributed by atoms with Gasteiger partial charge < -0.3 is 14.4 Å². The molecular weight excluding hydrogens is 741 g/mol. The number of pyridine rings is 2. The van der Waals surface area contributed by atoms with Gasteiger partial charge in [-0.2, -0.15) is 0 Å². The maximum Gasteiger partial charge on any atom is 0.121 e. The van der Waals surface area contributed by atoms with Crippen LogP contribution in [0.3, 0.4) is 0 Å². The number of aryl methyl sites for hydroxylation is 2. The summed E-state index contributed by atoms with van der Waals surface area (Å²) in [4.78, 5) is 8.71. The Kier molecular flexibility index (Phi) is 6.45. The van der Waals surface area contributed by atoms with Crippen LogP contribution in [0.15, 0.2) is 89.6 Å². The molecule has 0 saturated heterocycles. The Morgan fingerprint density at radius 3 is 2.20 bits per heavy atom. The standard InChI is InChI=1S/C21H14NO.C21H28N.Ir/c1-12-10-17(22-11-13(12)2)16-9-8-15-7-6-14-4-3-5-18-19(14)20(15)21(16)23-18;1-20(2,3)13-17-12-19(16-10-8-7-9-11-16)22-15-18(17)14-21(4,5)6;/h3-8,10-11H,1-2H3;7-10,12,15H,13-14H2,1-6H3;/q2*-1;/i1D3,2D3;13D2,14D2;. The minimum atomic E-state index is -2.59. The summed E-state index contributed by atoms with van der Waals surface area (Å²) in [5.41, 5.74) is 2.21. The van der Waals surface area contributed by atoms with E-state index in [0.717, 1.165) is 38.9 Å².